The van der Waals surface area contributed by atoms with Crippen molar-refractivity contribution in [3.8, 4) is 0 Å². The summed E-state index contributed by atoms with van der Waals surface area (Å²) >= 11 is 0. The first kappa shape index (κ1) is 9.03. The smallest absolute Gasteiger partial charge is 0.246 e. The molecule has 2 aliphatic rings. The molecule has 0 aromatic rings. The second-order valence-electron chi connectivity index (χ2n) is 4.07. The quantitative estimate of drug-likeness (QED) is 0.410. The third-order valence-corrected chi connectivity index (χ3v) is 3.45. The summed E-state index contributed by atoms with van der Waals surface area (Å²) in [5, 5.41) is 0. The number of alkyl halides is 4. The summed E-state index contributed by atoms with van der Waals surface area (Å²) in [5.74, 6) is -1.18. The van der Waals surface area contributed by atoms with Gasteiger partial charge in [-0.3, -0.25) is 0 Å². The predicted octanol–water partition coefficient (Wildman–Crippen LogP) is 3.10. The Bertz CT molecular complexity index is 255. The minimum Gasteiger partial charge on any atom is -0.246 e. The Kier molecular flexibility index (Phi) is 1.58. The van der Waals surface area contributed by atoms with Crippen LogP contribution in [0, 0.1) is 17.3 Å². The highest BCUT2D eigenvalue weighted by Gasteiger charge is 2.67. The van der Waals surface area contributed by atoms with Crippen molar-refractivity contribution in [3.05, 3.63) is 12.2 Å². The lowest BCUT2D eigenvalue weighted by molar-refractivity contribution is -0.243. The molecule has 0 aromatic heterocycles. The van der Waals surface area contributed by atoms with Gasteiger partial charge in [0.2, 0.25) is 0 Å². The van der Waals surface area contributed by atoms with Crippen molar-refractivity contribution in [3.63, 3.8) is 0 Å². The lowest BCUT2D eigenvalue weighted by atomic mass is 9.75. The number of allylic oxidation sites excluding steroid dienone is 2. The Morgan fingerprint density at radius 2 is 1.92 bits per heavy atom. The molecule has 4 heteroatoms. The maximum Gasteiger partial charge on any atom is 0.397 e. The highest BCUT2D eigenvalue weighted by atomic mass is 19.4. The van der Waals surface area contributed by atoms with Crippen molar-refractivity contribution < 1.29 is 17.6 Å². The van der Waals surface area contributed by atoms with Crippen LogP contribution < -0.4 is 0 Å². The van der Waals surface area contributed by atoms with Crippen LogP contribution in [-0.2, 0) is 0 Å². The molecule has 74 valence electrons. The summed E-state index contributed by atoms with van der Waals surface area (Å²) in [6.07, 6.45) is -2.80. The van der Waals surface area contributed by atoms with Gasteiger partial charge in [-0.1, -0.05) is 12.2 Å². The van der Waals surface area contributed by atoms with Gasteiger partial charge in [0, 0.05) is 5.92 Å². The van der Waals surface area contributed by atoms with Crippen LogP contribution in [0.25, 0.3) is 0 Å². The fourth-order valence-corrected chi connectivity index (χ4v) is 2.40. The fourth-order valence-electron chi connectivity index (χ4n) is 2.40. The van der Waals surface area contributed by atoms with Crippen LogP contribution in [0.3, 0.4) is 0 Å². The minimum atomic E-state index is -4.43. The zero-order valence-electron chi connectivity index (χ0n) is 7.11. The monoisotopic (exact) mass is 194 g/mol. The number of halogens is 4. The van der Waals surface area contributed by atoms with E-state index in [1.54, 1.807) is 6.08 Å². The summed E-state index contributed by atoms with van der Waals surface area (Å²) in [4.78, 5) is 0. The van der Waals surface area contributed by atoms with Crippen LogP contribution in [0.4, 0.5) is 17.6 Å². The van der Waals surface area contributed by atoms with Crippen molar-refractivity contribution in [2.75, 3.05) is 0 Å². The molecule has 1 fully saturated rings. The topological polar surface area (TPSA) is 0 Å². The average molecular weight is 194 g/mol. The summed E-state index contributed by atoms with van der Waals surface area (Å²) in [6, 6.07) is 0. The predicted molar refractivity (Wildman–Crippen MR) is 39.8 cm³/mol. The zero-order valence-corrected chi connectivity index (χ0v) is 7.11. The zero-order chi connectivity index (χ0) is 9.85. The van der Waals surface area contributed by atoms with Gasteiger partial charge in [0.25, 0.3) is 0 Å². The lowest BCUT2D eigenvalue weighted by Crippen LogP contribution is -2.46. The maximum atomic E-state index is 13.4. The minimum absolute atomic E-state index is 0.317. The van der Waals surface area contributed by atoms with Gasteiger partial charge in [0.15, 0.2) is 0 Å². The SMILES string of the molecule is CC1(C(F)(F)F)C2C=CC(C2)C1F. The van der Waals surface area contributed by atoms with E-state index in [2.05, 4.69) is 0 Å². The molecule has 0 aromatic carbocycles. The highest BCUT2D eigenvalue weighted by Crippen LogP contribution is 2.60. The Morgan fingerprint density at radius 3 is 2.23 bits per heavy atom. The third-order valence-electron chi connectivity index (χ3n) is 3.45. The average Bonchev–Trinajstić information content (AvgIpc) is 2.53. The van der Waals surface area contributed by atoms with Crippen LogP contribution >= 0.6 is 0 Å². The molecule has 4 atom stereocenters. The van der Waals surface area contributed by atoms with Crippen LogP contribution in [-0.4, -0.2) is 12.3 Å². The second-order valence-corrected chi connectivity index (χ2v) is 4.07. The van der Waals surface area contributed by atoms with Gasteiger partial charge in [-0.2, -0.15) is 13.2 Å². The molecule has 0 N–H and O–H groups in total. The van der Waals surface area contributed by atoms with Gasteiger partial charge in [0.1, 0.15) is 11.6 Å². The molecule has 0 nitrogen and oxygen atoms in total. The van der Waals surface area contributed by atoms with E-state index < -0.39 is 29.6 Å². The normalized spacial score (nSPS) is 48.8. The van der Waals surface area contributed by atoms with E-state index >= 15 is 0 Å². The molecule has 2 aliphatic carbocycles. The number of hydrogen-bond acceptors (Lipinski definition) is 0. The first-order valence-electron chi connectivity index (χ1n) is 4.26. The Hall–Kier alpha value is -0.540. The summed E-state index contributed by atoms with van der Waals surface area (Å²) in [6.45, 7) is 0.992. The molecule has 0 radical (unpaired) electrons. The Morgan fingerprint density at radius 1 is 1.31 bits per heavy atom. The molecular formula is C9H10F4. The van der Waals surface area contributed by atoms with Crippen molar-refractivity contribution in [1.82, 2.24) is 0 Å². The molecule has 1 saturated carbocycles. The van der Waals surface area contributed by atoms with E-state index in [9.17, 15) is 17.6 Å². The summed E-state index contributed by atoms with van der Waals surface area (Å²) in [7, 11) is 0. The van der Waals surface area contributed by atoms with Gasteiger partial charge >= 0.3 is 6.18 Å². The summed E-state index contributed by atoms with van der Waals surface area (Å²) in [5.41, 5.74) is -2.15. The Labute approximate surface area is 73.6 Å². The standard InChI is InChI=1S/C9H10F4/c1-8(9(11,12)13)6-3-2-5(4-6)7(8)10/h2-3,5-7H,4H2,1H3. The van der Waals surface area contributed by atoms with Crippen molar-refractivity contribution in [2.45, 2.75) is 25.7 Å². The largest absolute Gasteiger partial charge is 0.397 e. The summed E-state index contributed by atoms with van der Waals surface area (Å²) < 4.78 is 51.1. The highest BCUT2D eigenvalue weighted by molar-refractivity contribution is 5.20. The van der Waals surface area contributed by atoms with Crippen molar-refractivity contribution in [1.29, 1.82) is 0 Å². The van der Waals surface area contributed by atoms with E-state index in [4.69, 9.17) is 0 Å². The van der Waals surface area contributed by atoms with Gasteiger partial charge < -0.3 is 0 Å². The lowest BCUT2D eigenvalue weighted by Gasteiger charge is -2.35. The number of fused-ring (bicyclic) bond motifs is 2. The third kappa shape index (κ3) is 0.916. The van der Waals surface area contributed by atoms with Gasteiger partial charge in [-0.05, 0) is 19.3 Å². The van der Waals surface area contributed by atoms with E-state index in [0.29, 0.717) is 6.42 Å². The maximum absolute atomic E-state index is 13.4. The van der Waals surface area contributed by atoms with Gasteiger partial charge in [-0.15, -0.1) is 0 Å². The molecule has 4 unspecified atom stereocenters. The molecule has 0 amide bonds. The molecular weight excluding hydrogens is 184 g/mol. The molecule has 0 spiro atoms. The van der Waals surface area contributed by atoms with Gasteiger partial charge in [-0.25, -0.2) is 4.39 Å². The fraction of sp³-hybridized carbons (Fsp3) is 0.778. The van der Waals surface area contributed by atoms with Crippen LogP contribution in [0.2, 0.25) is 0 Å². The molecule has 0 heterocycles. The number of rotatable bonds is 0. The molecule has 0 saturated heterocycles. The number of hydrogen-bond donors (Lipinski definition) is 0. The first-order valence-corrected chi connectivity index (χ1v) is 4.26. The molecule has 2 rings (SSSR count). The first-order chi connectivity index (χ1) is 5.87. The van der Waals surface area contributed by atoms with Crippen molar-refractivity contribution >= 4 is 0 Å². The molecule has 2 bridgehead atoms. The second kappa shape index (κ2) is 2.28. The van der Waals surface area contributed by atoms with Gasteiger partial charge in [0.05, 0.1) is 0 Å². The van der Waals surface area contributed by atoms with E-state index in [1.807, 2.05) is 0 Å². The molecule has 0 aliphatic heterocycles. The van der Waals surface area contributed by atoms with Crippen LogP contribution in [0.15, 0.2) is 12.2 Å². The van der Waals surface area contributed by atoms with Crippen molar-refractivity contribution in [2.24, 2.45) is 17.3 Å². The van der Waals surface area contributed by atoms with Crippen LogP contribution in [0.1, 0.15) is 13.3 Å². The Balaban J connectivity index is 2.39. The van der Waals surface area contributed by atoms with Crippen LogP contribution in [0.5, 0.6) is 0 Å². The molecule has 13 heavy (non-hydrogen) atoms. The van der Waals surface area contributed by atoms with E-state index in [-0.39, 0.29) is 0 Å². The van der Waals surface area contributed by atoms with E-state index in [1.165, 1.54) is 6.08 Å². The van der Waals surface area contributed by atoms with E-state index in [0.717, 1.165) is 6.92 Å².